The van der Waals surface area contributed by atoms with Gasteiger partial charge in [-0.15, -0.1) is 0 Å². The van der Waals surface area contributed by atoms with Gasteiger partial charge in [0.1, 0.15) is 0 Å². The summed E-state index contributed by atoms with van der Waals surface area (Å²) >= 11 is 0. The molecule has 0 radical (unpaired) electrons. The molecule has 2 nitrogen and oxygen atoms in total. The molecule has 0 spiro atoms. The highest BCUT2D eigenvalue weighted by Crippen LogP contribution is 2.20. The SMILES string of the molecule is N#Cc1ccc(C2=CCC(=O)C=C2)cc1. The van der Waals surface area contributed by atoms with E-state index < -0.39 is 0 Å². The highest BCUT2D eigenvalue weighted by Gasteiger charge is 2.05. The molecule has 1 aliphatic carbocycles. The van der Waals surface area contributed by atoms with Gasteiger partial charge in [-0.1, -0.05) is 24.3 Å². The van der Waals surface area contributed by atoms with Crippen LogP contribution in [-0.2, 0) is 4.79 Å². The minimum absolute atomic E-state index is 0.132. The number of nitrogens with zero attached hydrogens (tertiary/aromatic N) is 1. The predicted molar refractivity (Wildman–Crippen MR) is 57.9 cm³/mol. The molecule has 1 aromatic carbocycles. The first-order chi connectivity index (χ1) is 7.29. The fourth-order valence-electron chi connectivity index (χ4n) is 1.48. The summed E-state index contributed by atoms with van der Waals surface area (Å²) in [6.07, 6.45) is 5.77. The van der Waals surface area contributed by atoms with Crippen LogP contribution in [0.3, 0.4) is 0 Å². The Hall–Kier alpha value is -2.14. The molecule has 1 aromatic rings. The number of carbonyl (C=O) groups is 1. The molecule has 0 aromatic heterocycles. The van der Waals surface area contributed by atoms with Crippen LogP contribution in [0, 0.1) is 11.3 Å². The Labute approximate surface area is 88.2 Å². The number of rotatable bonds is 1. The molecule has 0 saturated carbocycles. The van der Waals surface area contributed by atoms with E-state index >= 15 is 0 Å². The van der Waals surface area contributed by atoms with Gasteiger partial charge in [0, 0.05) is 6.42 Å². The molecule has 15 heavy (non-hydrogen) atoms. The molecular formula is C13H9NO. The Morgan fingerprint density at radius 1 is 1.13 bits per heavy atom. The number of benzene rings is 1. The van der Waals surface area contributed by atoms with Crippen molar-refractivity contribution in [2.45, 2.75) is 6.42 Å². The van der Waals surface area contributed by atoms with Crippen LogP contribution >= 0.6 is 0 Å². The molecule has 2 heteroatoms. The maximum Gasteiger partial charge on any atom is 0.159 e. The lowest BCUT2D eigenvalue weighted by molar-refractivity contribution is -0.113. The third-order valence-electron chi connectivity index (χ3n) is 2.32. The number of nitriles is 1. The van der Waals surface area contributed by atoms with Crippen molar-refractivity contribution in [2.24, 2.45) is 0 Å². The molecular weight excluding hydrogens is 186 g/mol. The molecule has 0 amide bonds. The topological polar surface area (TPSA) is 40.9 Å². The van der Waals surface area contributed by atoms with E-state index in [-0.39, 0.29) is 5.78 Å². The second-order valence-electron chi connectivity index (χ2n) is 3.35. The molecule has 0 bridgehead atoms. The smallest absolute Gasteiger partial charge is 0.159 e. The molecule has 0 N–H and O–H groups in total. The number of carbonyl (C=O) groups excluding carboxylic acids is 1. The largest absolute Gasteiger partial charge is 0.295 e. The van der Waals surface area contributed by atoms with Crippen molar-refractivity contribution in [1.82, 2.24) is 0 Å². The molecule has 0 saturated heterocycles. The van der Waals surface area contributed by atoms with Crippen LogP contribution < -0.4 is 0 Å². The minimum Gasteiger partial charge on any atom is -0.295 e. The van der Waals surface area contributed by atoms with Gasteiger partial charge in [-0.2, -0.15) is 5.26 Å². The Morgan fingerprint density at radius 3 is 2.40 bits per heavy atom. The standard InChI is InChI=1S/C13H9NO/c14-9-10-1-3-11(4-2-10)12-5-7-13(15)8-6-12/h1-7H,8H2. The van der Waals surface area contributed by atoms with Crippen LogP contribution in [0.25, 0.3) is 5.57 Å². The summed E-state index contributed by atoms with van der Waals surface area (Å²) in [5, 5.41) is 8.65. The maximum absolute atomic E-state index is 11.0. The fraction of sp³-hybridized carbons (Fsp3) is 0.0769. The van der Waals surface area contributed by atoms with Gasteiger partial charge in [0.2, 0.25) is 0 Å². The highest BCUT2D eigenvalue weighted by atomic mass is 16.1. The summed E-state index contributed by atoms with van der Waals surface area (Å²) in [5.41, 5.74) is 2.73. The molecule has 0 heterocycles. The van der Waals surface area contributed by atoms with Crippen LogP contribution in [0.1, 0.15) is 17.5 Å². The van der Waals surface area contributed by atoms with E-state index in [0.29, 0.717) is 12.0 Å². The second-order valence-corrected chi connectivity index (χ2v) is 3.35. The zero-order valence-electron chi connectivity index (χ0n) is 8.10. The van der Waals surface area contributed by atoms with Crippen LogP contribution in [-0.4, -0.2) is 5.78 Å². The third kappa shape index (κ3) is 2.03. The Kier molecular flexibility index (Phi) is 2.47. The summed E-state index contributed by atoms with van der Waals surface area (Å²) in [6, 6.07) is 9.42. The first-order valence-electron chi connectivity index (χ1n) is 4.71. The molecule has 0 atom stereocenters. The Balaban J connectivity index is 2.28. The normalized spacial score (nSPS) is 14.6. The molecule has 2 rings (SSSR count). The average Bonchev–Trinajstić information content (AvgIpc) is 2.30. The van der Waals surface area contributed by atoms with E-state index in [1.54, 1.807) is 18.2 Å². The van der Waals surface area contributed by atoms with E-state index in [4.69, 9.17) is 5.26 Å². The highest BCUT2D eigenvalue weighted by molar-refractivity contribution is 5.97. The molecule has 0 unspecified atom stereocenters. The van der Waals surface area contributed by atoms with Crippen molar-refractivity contribution in [2.75, 3.05) is 0 Å². The van der Waals surface area contributed by atoms with Crippen molar-refractivity contribution >= 4 is 11.4 Å². The van der Waals surface area contributed by atoms with Crippen molar-refractivity contribution in [3.8, 4) is 6.07 Å². The van der Waals surface area contributed by atoms with E-state index in [2.05, 4.69) is 6.07 Å². The van der Waals surface area contributed by atoms with Gasteiger partial charge >= 0.3 is 0 Å². The number of hydrogen-bond acceptors (Lipinski definition) is 2. The first-order valence-corrected chi connectivity index (χ1v) is 4.71. The summed E-state index contributed by atoms with van der Waals surface area (Å²) < 4.78 is 0. The van der Waals surface area contributed by atoms with Gasteiger partial charge in [0.25, 0.3) is 0 Å². The quantitative estimate of drug-likeness (QED) is 0.690. The summed E-state index contributed by atoms with van der Waals surface area (Å²) in [7, 11) is 0. The zero-order chi connectivity index (χ0) is 10.7. The lowest BCUT2D eigenvalue weighted by atomic mass is 9.98. The average molecular weight is 195 g/mol. The van der Waals surface area contributed by atoms with Crippen LogP contribution in [0.4, 0.5) is 0 Å². The van der Waals surface area contributed by atoms with Gasteiger partial charge in [-0.05, 0) is 29.3 Å². The van der Waals surface area contributed by atoms with Crippen molar-refractivity contribution in [3.05, 3.63) is 53.6 Å². The summed E-state index contributed by atoms with van der Waals surface area (Å²) in [4.78, 5) is 11.0. The van der Waals surface area contributed by atoms with E-state index in [1.807, 2.05) is 24.3 Å². The maximum atomic E-state index is 11.0. The molecule has 0 fully saturated rings. The van der Waals surface area contributed by atoms with Crippen molar-refractivity contribution < 1.29 is 4.79 Å². The van der Waals surface area contributed by atoms with Gasteiger partial charge in [-0.25, -0.2) is 0 Å². The van der Waals surface area contributed by atoms with Crippen LogP contribution in [0.15, 0.2) is 42.5 Å². The van der Waals surface area contributed by atoms with Crippen LogP contribution in [0.5, 0.6) is 0 Å². The summed E-state index contributed by atoms with van der Waals surface area (Å²) in [5.74, 6) is 0.132. The first kappa shape index (κ1) is 9.42. The lowest BCUT2D eigenvalue weighted by Gasteiger charge is -2.06. The lowest BCUT2D eigenvalue weighted by Crippen LogP contribution is -1.96. The monoisotopic (exact) mass is 195 g/mol. The number of ketones is 1. The van der Waals surface area contributed by atoms with Gasteiger partial charge in [-0.3, -0.25) is 4.79 Å². The van der Waals surface area contributed by atoms with Crippen molar-refractivity contribution in [3.63, 3.8) is 0 Å². The van der Waals surface area contributed by atoms with Crippen LogP contribution in [0.2, 0.25) is 0 Å². The number of hydrogen-bond donors (Lipinski definition) is 0. The summed E-state index contributed by atoms with van der Waals surface area (Å²) in [6.45, 7) is 0. The predicted octanol–water partition coefficient (Wildman–Crippen LogP) is 2.47. The van der Waals surface area contributed by atoms with Gasteiger partial charge < -0.3 is 0 Å². The van der Waals surface area contributed by atoms with E-state index in [0.717, 1.165) is 11.1 Å². The van der Waals surface area contributed by atoms with E-state index in [1.165, 1.54) is 0 Å². The zero-order valence-corrected chi connectivity index (χ0v) is 8.10. The Morgan fingerprint density at radius 2 is 1.87 bits per heavy atom. The molecule has 1 aliphatic rings. The Bertz CT molecular complexity index is 486. The molecule has 72 valence electrons. The minimum atomic E-state index is 0.132. The second kappa shape index (κ2) is 3.93. The fourth-order valence-corrected chi connectivity index (χ4v) is 1.48. The van der Waals surface area contributed by atoms with Crippen molar-refractivity contribution in [1.29, 1.82) is 5.26 Å². The van der Waals surface area contributed by atoms with Gasteiger partial charge in [0.15, 0.2) is 5.78 Å². The van der Waals surface area contributed by atoms with E-state index in [9.17, 15) is 4.79 Å². The third-order valence-corrected chi connectivity index (χ3v) is 2.32. The van der Waals surface area contributed by atoms with Gasteiger partial charge in [0.05, 0.1) is 11.6 Å². The molecule has 0 aliphatic heterocycles. The number of allylic oxidation sites excluding steroid dienone is 4.